The highest BCUT2D eigenvalue weighted by Gasteiger charge is 2.24. The molecule has 86 valence electrons. The van der Waals surface area contributed by atoms with Crippen LogP contribution in [0.15, 0.2) is 24.3 Å². The highest BCUT2D eigenvalue weighted by molar-refractivity contribution is 6.17. The smallest absolute Gasteiger partial charge is 0.224 e. The van der Waals surface area contributed by atoms with Crippen LogP contribution in [0.1, 0.15) is 24.8 Å². The largest absolute Gasteiger partial charge is 0.326 e. The van der Waals surface area contributed by atoms with Gasteiger partial charge in [-0.05, 0) is 42.9 Å². The first kappa shape index (κ1) is 11.5. The standard InChI is InChI=1S/C13H16ClNO/c14-8-7-10-3-5-12(6-4-10)15-13(16)9-11-1-2-11/h3-6,11H,1-2,7-9H2,(H,15,16). The normalized spacial score (nSPS) is 14.8. The van der Waals surface area contributed by atoms with Crippen LogP contribution in [0, 0.1) is 5.92 Å². The number of halogens is 1. The first-order valence-corrected chi connectivity index (χ1v) is 6.26. The molecule has 1 fully saturated rings. The van der Waals surface area contributed by atoms with Crippen molar-refractivity contribution in [1.82, 2.24) is 0 Å². The van der Waals surface area contributed by atoms with E-state index in [1.165, 1.54) is 18.4 Å². The van der Waals surface area contributed by atoms with Gasteiger partial charge in [0, 0.05) is 18.0 Å². The molecule has 0 atom stereocenters. The van der Waals surface area contributed by atoms with Crippen LogP contribution in [0.5, 0.6) is 0 Å². The lowest BCUT2D eigenvalue weighted by atomic mass is 10.1. The van der Waals surface area contributed by atoms with Crippen LogP contribution in [0.4, 0.5) is 5.69 Å². The van der Waals surface area contributed by atoms with Crippen molar-refractivity contribution in [2.45, 2.75) is 25.7 Å². The Morgan fingerprint density at radius 2 is 2.00 bits per heavy atom. The van der Waals surface area contributed by atoms with Gasteiger partial charge in [0.2, 0.25) is 5.91 Å². The van der Waals surface area contributed by atoms with E-state index in [-0.39, 0.29) is 5.91 Å². The summed E-state index contributed by atoms with van der Waals surface area (Å²) >= 11 is 5.65. The molecule has 1 aromatic carbocycles. The molecule has 0 saturated heterocycles. The molecule has 0 aromatic heterocycles. The Morgan fingerprint density at radius 3 is 2.56 bits per heavy atom. The molecule has 2 rings (SSSR count). The molecule has 2 nitrogen and oxygen atoms in total. The van der Waals surface area contributed by atoms with Crippen LogP contribution < -0.4 is 5.32 Å². The second kappa shape index (κ2) is 5.35. The first-order chi connectivity index (χ1) is 7.78. The fourth-order valence-electron chi connectivity index (χ4n) is 1.66. The molecule has 0 heterocycles. The quantitative estimate of drug-likeness (QED) is 0.783. The van der Waals surface area contributed by atoms with Crippen LogP contribution in [0.2, 0.25) is 0 Å². The third-order valence-electron chi connectivity index (χ3n) is 2.79. The molecule has 1 N–H and O–H groups in total. The van der Waals surface area contributed by atoms with Gasteiger partial charge in [-0.25, -0.2) is 0 Å². The van der Waals surface area contributed by atoms with Crippen molar-refractivity contribution >= 4 is 23.2 Å². The highest BCUT2D eigenvalue weighted by Crippen LogP contribution is 2.32. The zero-order valence-electron chi connectivity index (χ0n) is 9.21. The molecule has 1 saturated carbocycles. The van der Waals surface area contributed by atoms with Gasteiger partial charge in [-0.2, -0.15) is 0 Å². The molecule has 16 heavy (non-hydrogen) atoms. The van der Waals surface area contributed by atoms with E-state index in [9.17, 15) is 4.79 Å². The van der Waals surface area contributed by atoms with E-state index < -0.39 is 0 Å². The van der Waals surface area contributed by atoms with E-state index in [2.05, 4.69) is 5.32 Å². The summed E-state index contributed by atoms with van der Waals surface area (Å²) in [7, 11) is 0. The predicted octanol–water partition coefficient (Wildman–Crippen LogP) is 3.21. The van der Waals surface area contributed by atoms with Crippen molar-refractivity contribution < 1.29 is 4.79 Å². The van der Waals surface area contributed by atoms with Crippen molar-refractivity contribution in [3.8, 4) is 0 Å². The van der Waals surface area contributed by atoms with E-state index >= 15 is 0 Å². The maximum absolute atomic E-state index is 11.5. The predicted molar refractivity (Wildman–Crippen MR) is 66.8 cm³/mol. The van der Waals surface area contributed by atoms with Gasteiger partial charge < -0.3 is 5.32 Å². The van der Waals surface area contributed by atoms with E-state index in [0.29, 0.717) is 18.2 Å². The molecule has 1 aliphatic rings. The zero-order valence-corrected chi connectivity index (χ0v) is 9.96. The number of carbonyl (C=O) groups excluding carboxylic acids is 1. The van der Waals surface area contributed by atoms with Crippen molar-refractivity contribution in [3.05, 3.63) is 29.8 Å². The van der Waals surface area contributed by atoms with Crippen molar-refractivity contribution in [3.63, 3.8) is 0 Å². The maximum atomic E-state index is 11.5. The van der Waals surface area contributed by atoms with Crippen LogP contribution in [-0.2, 0) is 11.2 Å². The van der Waals surface area contributed by atoms with Gasteiger partial charge in [0.05, 0.1) is 0 Å². The number of nitrogens with one attached hydrogen (secondary N) is 1. The monoisotopic (exact) mass is 237 g/mol. The summed E-state index contributed by atoms with van der Waals surface area (Å²) in [5.74, 6) is 1.40. The van der Waals surface area contributed by atoms with Crippen LogP contribution in [0.25, 0.3) is 0 Å². The number of anilines is 1. The number of alkyl halides is 1. The summed E-state index contributed by atoms with van der Waals surface area (Å²) < 4.78 is 0. The lowest BCUT2D eigenvalue weighted by Crippen LogP contribution is -2.11. The summed E-state index contributed by atoms with van der Waals surface area (Å²) in [6, 6.07) is 7.89. The molecule has 0 aliphatic heterocycles. The van der Waals surface area contributed by atoms with E-state index in [4.69, 9.17) is 11.6 Å². The molecular weight excluding hydrogens is 222 g/mol. The number of hydrogen-bond acceptors (Lipinski definition) is 1. The number of aryl methyl sites for hydroxylation is 1. The van der Waals surface area contributed by atoms with Gasteiger partial charge in [-0.3, -0.25) is 4.79 Å². The highest BCUT2D eigenvalue weighted by atomic mass is 35.5. The summed E-state index contributed by atoms with van der Waals surface area (Å²) in [6.45, 7) is 0. The minimum Gasteiger partial charge on any atom is -0.326 e. The number of carbonyl (C=O) groups is 1. The summed E-state index contributed by atoms with van der Waals surface area (Å²) in [5.41, 5.74) is 2.08. The van der Waals surface area contributed by atoms with E-state index in [1.807, 2.05) is 24.3 Å². The molecule has 1 amide bonds. The van der Waals surface area contributed by atoms with Crippen LogP contribution in [0.3, 0.4) is 0 Å². The molecule has 0 unspecified atom stereocenters. The molecule has 3 heteroatoms. The lowest BCUT2D eigenvalue weighted by Gasteiger charge is -2.05. The van der Waals surface area contributed by atoms with Gasteiger partial charge >= 0.3 is 0 Å². The summed E-state index contributed by atoms with van der Waals surface area (Å²) in [5, 5.41) is 2.91. The number of benzene rings is 1. The zero-order chi connectivity index (χ0) is 11.4. The number of hydrogen-bond donors (Lipinski definition) is 1. The molecular formula is C13H16ClNO. The Balaban J connectivity index is 1.85. The maximum Gasteiger partial charge on any atom is 0.224 e. The fourth-order valence-corrected chi connectivity index (χ4v) is 1.88. The van der Waals surface area contributed by atoms with E-state index in [1.54, 1.807) is 0 Å². The average Bonchev–Trinajstić information content (AvgIpc) is 3.05. The molecule has 0 radical (unpaired) electrons. The fraction of sp³-hybridized carbons (Fsp3) is 0.462. The molecule has 1 aliphatic carbocycles. The summed E-state index contributed by atoms with van der Waals surface area (Å²) in [4.78, 5) is 11.5. The second-order valence-corrected chi connectivity index (χ2v) is 4.71. The summed E-state index contributed by atoms with van der Waals surface area (Å²) in [6.07, 6.45) is 3.96. The van der Waals surface area contributed by atoms with Gasteiger partial charge in [-0.15, -0.1) is 11.6 Å². The average molecular weight is 238 g/mol. The minimum absolute atomic E-state index is 0.132. The Labute approximate surface area is 101 Å². The Hall–Kier alpha value is -1.02. The Kier molecular flexibility index (Phi) is 3.83. The molecule has 0 bridgehead atoms. The molecule has 0 spiro atoms. The van der Waals surface area contributed by atoms with Crippen molar-refractivity contribution in [1.29, 1.82) is 0 Å². The number of amides is 1. The van der Waals surface area contributed by atoms with Crippen molar-refractivity contribution in [2.24, 2.45) is 5.92 Å². The topological polar surface area (TPSA) is 29.1 Å². The Bertz CT molecular complexity index is 357. The third-order valence-corrected chi connectivity index (χ3v) is 2.98. The van der Waals surface area contributed by atoms with Crippen LogP contribution >= 0.6 is 11.6 Å². The van der Waals surface area contributed by atoms with Gasteiger partial charge in [-0.1, -0.05) is 12.1 Å². The van der Waals surface area contributed by atoms with Gasteiger partial charge in [0.1, 0.15) is 0 Å². The SMILES string of the molecule is O=C(CC1CC1)Nc1ccc(CCCl)cc1. The third kappa shape index (κ3) is 3.53. The van der Waals surface area contributed by atoms with Crippen LogP contribution in [-0.4, -0.2) is 11.8 Å². The Morgan fingerprint density at radius 1 is 1.31 bits per heavy atom. The second-order valence-electron chi connectivity index (χ2n) is 4.33. The lowest BCUT2D eigenvalue weighted by molar-refractivity contribution is -0.116. The minimum atomic E-state index is 0.132. The van der Waals surface area contributed by atoms with Gasteiger partial charge in [0.25, 0.3) is 0 Å². The first-order valence-electron chi connectivity index (χ1n) is 5.72. The van der Waals surface area contributed by atoms with E-state index in [0.717, 1.165) is 12.1 Å². The molecule has 1 aromatic rings. The van der Waals surface area contributed by atoms with Crippen molar-refractivity contribution in [2.75, 3.05) is 11.2 Å². The van der Waals surface area contributed by atoms with Gasteiger partial charge in [0.15, 0.2) is 0 Å². The number of rotatable bonds is 5.